The van der Waals surface area contributed by atoms with E-state index in [2.05, 4.69) is 10.6 Å². The molecule has 0 spiro atoms. The number of nitrogens with one attached hydrogen (secondary N) is 2. The lowest BCUT2D eigenvalue weighted by Gasteiger charge is -2.13. The molecule has 0 bridgehead atoms. The maximum atomic E-state index is 10.8. The van der Waals surface area contributed by atoms with Gasteiger partial charge in [0.05, 0.1) is 19.1 Å². The van der Waals surface area contributed by atoms with Gasteiger partial charge in [0.15, 0.2) is 16.6 Å². The fraction of sp³-hybridized carbons (Fsp3) is 0.133. The lowest BCUT2D eigenvalue weighted by molar-refractivity contribution is -0.384. The standard InChI is InChI=1S/C15H15N3O4S/c1-21-13-7-6-11(9-14(13)22-2)17-15(23)16-10-4-3-5-12(8-10)18(19)20/h3-9H,1-2H3,(H2,16,17,23). The van der Waals surface area contributed by atoms with Crippen LogP contribution >= 0.6 is 12.2 Å². The Morgan fingerprint density at radius 2 is 1.70 bits per heavy atom. The second-order valence-corrected chi connectivity index (χ2v) is 4.86. The molecule has 0 aliphatic rings. The molecule has 0 amide bonds. The molecule has 0 heterocycles. The molecule has 120 valence electrons. The molecule has 0 unspecified atom stereocenters. The van der Waals surface area contributed by atoms with Gasteiger partial charge in [-0.05, 0) is 30.4 Å². The van der Waals surface area contributed by atoms with E-state index in [9.17, 15) is 10.1 Å². The van der Waals surface area contributed by atoms with Gasteiger partial charge in [0.25, 0.3) is 5.69 Å². The molecule has 0 fully saturated rings. The summed E-state index contributed by atoms with van der Waals surface area (Å²) in [6, 6.07) is 11.4. The van der Waals surface area contributed by atoms with E-state index in [1.807, 2.05) is 0 Å². The summed E-state index contributed by atoms with van der Waals surface area (Å²) in [6.45, 7) is 0. The zero-order valence-electron chi connectivity index (χ0n) is 12.5. The molecular formula is C15H15N3O4S. The molecule has 0 atom stereocenters. The first-order valence-electron chi connectivity index (χ1n) is 6.58. The van der Waals surface area contributed by atoms with Crippen molar-refractivity contribution in [2.24, 2.45) is 0 Å². The van der Waals surface area contributed by atoms with E-state index in [-0.39, 0.29) is 5.69 Å². The summed E-state index contributed by atoms with van der Waals surface area (Å²) in [5.41, 5.74) is 1.21. The van der Waals surface area contributed by atoms with Crippen molar-refractivity contribution in [3.8, 4) is 11.5 Å². The van der Waals surface area contributed by atoms with Gasteiger partial charge >= 0.3 is 0 Å². The molecule has 0 saturated carbocycles. The number of rotatable bonds is 5. The Morgan fingerprint density at radius 3 is 2.30 bits per heavy atom. The molecule has 2 aromatic carbocycles. The van der Waals surface area contributed by atoms with E-state index in [1.165, 1.54) is 12.1 Å². The number of hydrogen-bond acceptors (Lipinski definition) is 5. The van der Waals surface area contributed by atoms with Crippen molar-refractivity contribution in [3.63, 3.8) is 0 Å². The number of non-ortho nitro benzene ring substituents is 1. The molecule has 2 N–H and O–H groups in total. The van der Waals surface area contributed by atoms with Gasteiger partial charge in [0.1, 0.15) is 0 Å². The predicted molar refractivity (Wildman–Crippen MR) is 92.5 cm³/mol. The number of nitrogens with zero attached hydrogens (tertiary/aromatic N) is 1. The molecule has 2 rings (SSSR count). The van der Waals surface area contributed by atoms with Crippen LogP contribution < -0.4 is 20.1 Å². The maximum absolute atomic E-state index is 10.8. The largest absolute Gasteiger partial charge is 0.493 e. The minimum absolute atomic E-state index is 0.0103. The van der Waals surface area contributed by atoms with Crippen molar-refractivity contribution in [3.05, 3.63) is 52.6 Å². The first-order chi connectivity index (χ1) is 11.0. The van der Waals surface area contributed by atoms with Crippen molar-refractivity contribution >= 4 is 34.4 Å². The van der Waals surface area contributed by atoms with Crippen LogP contribution in [0, 0.1) is 10.1 Å². The third-order valence-corrected chi connectivity index (χ3v) is 3.16. The topological polar surface area (TPSA) is 85.7 Å². The number of methoxy groups -OCH3 is 2. The maximum Gasteiger partial charge on any atom is 0.271 e. The van der Waals surface area contributed by atoms with Crippen LogP contribution in [-0.4, -0.2) is 24.3 Å². The number of hydrogen-bond donors (Lipinski definition) is 2. The molecule has 8 heteroatoms. The molecule has 7 nitrogen and oxygen atoms in total. The third-order valence-electron chi connectivity index (χ3n) is 2.96. The average Bonchev–Trinajstić information content (AvgIpc) is 2.54. The molecule has 0 aliphatic heterocycles. The monoisotopic (exact) mass is 333 g/mol. The quantitative estimate of drug-likeness (QED) is 0.492. The van der Waals surface area contributed by atoms with Gasteiger partial charge < -0.3 is 20.1 Å². The highest BCUT2D eigenvalue weighted by molar-refractivity contribution is 7.80. The summed E-state index contributed by atoms with van der Waals surface area (Å²) in [5, 5.41) is 16.9. The van der Waals surface area contributed by atoms with Crippen LogP contribution in [0.4, 0.5) is 17.1 Å². The van der Waals surface area contributed by atoms with Gasteiger partial charge in [-0.25, -0.2) is 0 Å². The zero-order valence-corrected chi connectivity index (χ0v) is 13.3. The lowest BCUT2D eigenvalue weighted by atomic mass is 10.2. The normalized spacial score (nSPS) is 9.83. The van der Waals surface area contributed by atoms with E-state index < -0.39 is 4.92 Å². The number of thiocarbonyl (C=S) groups is 1. The van der Waals surface area contributed by atoms with E-state index in [1.54, 1.807) is 44.6 Å². The summed E-state index contributed by atoms with van der Waals surface area (Å²) < 4.78 is 10.4. The van der Waals surface area contributed by atoms with Crippen LogP contribution in [0.3, 0.4) is 0 Å². The van der Waals surface area contributed by atoms with Crippen molar-refractivity contribution < 1.29 is 14.4 Å². The van der Waals surface area contributed by atoms with Crippen LogP contribution in [0.2, 0.25) is 0 Å². The SMILES string of the molecule is COc1ccc(NC(=S)Nc2cccc([N+](=O)[O-])c2)cc1OC. The number of benzene rings is 2. The third kappa shape index (κ3) is 4.30. The Hall–Kier alpha value is -2.87. The fourth-order valence-corrected chi connectivity index (χ4v) is 2.14. The van der Waals surface area contributed by atoms with Gasteiger partial charge in [-0.2, -0.15) is 0 Å². The van der Waals surface area contributed by atoms with Crippen LogP contribution in [0.5, 0.6) is 11.5 Å². The Labute approximate surface area is 138 Å². The Bertz CT molecular complexity index is 736. The average molecular weight is 333 g/mol. The number of nitro groups is 1. The minimum atomic E-state index is -0.462. The highest BCUT2D eigenvalue weighted by atomic mass is 32.1. The summed E-state index contributed by atoms with van der Waals surface area (Å²) >= 11 is 5.20. The summed E-state index contributed by atoms with van der Waals surface area (Å²) in [4.78, 5) is 10.3. The molecular weight excluding hydrogens is 318 g/mol. The summed E-state index contributed by atoms with van der Waals surface area (Å²) in [7, 11) is 3.10. The van der Waals surface area contributed by atoms with E-state index >= 15 is 0 Å². The van der Waals surface area contributed by atoms with Gasteiger partial charge in [-0.1, -0.05) is 6.07 Å². The number of nitro benzene ring substituents is 1. The van der Waals surface area contributed by atoms with Crippen molar-refractivity contribution in [2.75, 3.05) is 24.9 Å². The van der Waals surface area contributed by atoms with E-state index in [0.29, 0.717) is 28.0 Å². The molecule has 0 aromatic heterocycles. The highest BCUT2D eigenvalue weighted by Crippen LogP contribution is 2.29. The van der Waals surface area contributed by atoms with Crippen LogP contribution in [0.25, 0.3) is 0 Å². The fourth-order valence-electron chi connectivity index (χ4n) is 1.90. The van der Waals surface area contributed by atoms with Crippen LogP contribution in [0.15, 0.2) is 42.5 Å². The molecule has 0 aliphatic carbocycles. The van der Waals surface area contributed by atoms with E-state index in [0.717, 1.165) is 0 Å². The van der Waals surface area contributed by atoms with Gasteiger partial charge in [0, 0.05) is 29.6 Å². The summed E-state index contributed by atoms with van der Waals surface area (Å²) in [6.07, 6.45) is 0. The van der Waals surface area contributed by atoms with Crippen molar-refractivity contribution in [2.45, 2.75) is 0 Å². The van der Waals surface area contributed by atoms with Gasteiger partial charge in [0.2, 0.25) is 0 Å². The van der Waals surface area contributed by atoms with Crippen molar-refractivity contribution in [1.82, 2.24) is 0 Å². The second-order valence-electron chi connectivity index (χ2n) is 4.46. The highest BCUT2D eigenvalue weighted by Gasteiger charge is 2.08. The smallest absolute Gasteiger partial charge is 0.271 e. The predicted octanol–water partition coefficient (Wildman–Crippen LogP) is 3.42. The zero-order chi connectivity index (χ0) is 16.8. The van der Waals surface area contributed by atoms with Crippen LogP contribution in [-0.2, 0) is 0 Å². The lowest BCUT2D eigenvalue weighted by Crippen LogP contribution is -2.19. The van der Waals surface area contributed by atoms with Gasteiger partial charge in [-0.15, -0.1) is 0 Å². The Kier molecular flexibility index (Phi) is 5.32. The second kappa shape index (κ2) is 7.41. The van der Waals surface area contributed by atoms with E-state index in [4.69, 9.17) is 21.7 Å². The molecule has 2 aromatic rings. The van der Waals surface area contributed by atoms with Crippen LogP contribution in [0.1, 0.15) is 0 Å². The Morgan fingerprint density at radius 1 is 1.04 bits per heavy atom. The first kappa shape index (κ1) is 16.5. The summed E-state index contributed by atoms with van der Waals surface area (Å²) in [5.74, 6) is 1.17. The number of ether oxygens (including phenoxy) is 2. The first-order valence-corrected chi connectivity index (χ1v) is 6.99. The Balaban J connectivity index is 2.08. The molecule has 0 saturated heterocycles. The minimum Gasteiger partial charge on any atom is -0.493 e. The van der Waals surface area contributed by atoms with Crippen molar-refractivity contribution in [1.29, 1.82) is 0 Å². The molecule has 0 radical (unpaired) electrons. The number of anilines is 2. The van der Waals surface area contributed by atoms with Gasteiger partial charge in [-0.3, -0.25) is 10.1 Å². The molecule has 23 heavy (non-hydrogen) atoms.